The van der Waals surface area contributed by atoms with Crippen molar-refractivity contribution in [2.75, 3.05) is 14.2 Å². The van der Waals surface area contributed by atoms with E-state index in [9.17, 15) is 0 Å². The minimum atomic E-state index is -0.00750. The van der Waals surface area contributed by atoms with Crippen LogP contribution in [0.4, 0.5) is 0 Å². The van der Waals surface area contributed by atoms with Crippen LogP contribution in [0.2, 0.25) is 0 Å². The maximum atomic E-state index is 6.18. The molecule has 0 saturated heterocycles. The molecule has 0 aromatic heterocycles. The van der Waals surface area contributed by atoms with Gasteiger partial charge in [0.15, 0.2) is 0 Å². The largest absolute Gasteiger partial charge is 0.496 e. The summed E-state index contributed by atoms with van der Waals surface area (Å²) in [6.45, 7) is 2.16. The molecule has 0 spiro atoms. The number of methoxy groups -OCH3 is 2. The van der Waals surface area contributed by atoms with Gasteiger partial charge in [0.25, 0.3) is 0 Å². The second kappa shape index (κ2) is 6.87. The molecule has 0 aliphatic carbocycles. The van der Waals surface area contributed by atoms with Crippen molar-refractivity contribution in [3.8, 4) is 11.5 Å². The first-order valence-electron chi connectivity index (χ1n) is 5.81. The van der Waals surface area contributed by atoms with Crippen LogP contribution in [0.15, 0.2) is 16.6 Å². The molecule has 0 aliphatic heterocycles. The number of nitrogens with two attached hydrogens (primary N) is 1. The van der Waals surface area contributed by atoms with Crippen LogP contribution in [0.25, 0.3) is 0 Å². The highest BCUT2D eigenvalue weighted by atomic mass is 79.9. The predicted molar refractivity (Wildman–Crippen MR) is 73.7 cm³/mol. The highest BCUT2D eigenvalue weighted by Crippen LogP contribution is 2.36. The summed E-state index contributed by atoms with van der Waals surface area (Å²) in [6, 6.07) is 3.84. The molecular formula is C13H20BrNO2. The van der Waals surface area contributed by atoms with Crippen molar-refractivity contribution >= 4 is 15.9 Å². The molecule has 1 aromatic carbocycles. The fraction of sp³-hybridized carbons (Fsp3) is 0.538. The molecular weight excluding hydrogens is 282 g/mol. The predicted octanol–water partition coefficient (Wildman–Crippen LogP) is 3.66. The van der Waals surface area contributed by atoms with Crippen LogP contribution >= 0.6 is 15.9 Å². The Hall–Kier alpha value is -0.740. The maximum Gasteiger partial charge on any atom is 0.133 e. The Kier molecular flexibility index (Phi) is 5.78. The molecule has 1 rings (SSSR count). The van der Waals surface area contributed by atoms with E-state index in [0.29, 0.717) is 0 Å². The van der Waals surface area contributed by atoms with E-state index >= 15 is 0 Å². The topological polar surface area (TPSA) is 44.5 Å². The van der Waals surface area contributed by atoms with E-state index in [2.05, 4.69) is 22.9 Å². The maximum absolute atomic E-state index is 6.18. The molecule has 1 atom stereocenters. The zero-order valence-electron chi connectivity index (χ0n) is 10.6. The van der Waals surface area contributed by atoms with E-state index in [-0.39, 0.29) is 6.04 Å². The summed E-state index contributed by atoms with van der Waals surface area (Å²) in [6.07, 6.45) is 3.21. The van der Waals surface area contributed by atoms with E-state index in [0.717, 1.165) is 40.8 Å². The summed E-state index contributed by atoms with van der Waals surface area (Å²) < 4.78 is 11.5. The summed E-state index contributed by atoms with van der Waals surface area (Å²) in [5.41, 5.74) is 7.18. The molecule has 1 unspecified atom stereocenters. The third kappa shape index (κ3) is 3.61. The highest BCUT2D eigenvalue weighted by molar-refractivity contribution is 9.10. The van der Waals surface area contributed by atoms with Crippen molar-refractivity contribution in [2.24, 2.45) is 5.73 Å². The third-order valence-electron chi connectivity index (χ3n) is 2.77. The van der Waals surface area contributed by atoms with Crippen molar-refractivity contribution < 1.29 is 9.47 Å². The average molecular weight is 302 g/mol. The summed E-state index contributed by atoms with van der Waals surface area (Å²) in [7, 11) is 3.30. The van der Waals surface area contributed by atoms with E-state index in [4.69, 9.17) is 15.2 Å². The zero-order valence-corrected chi connectivity index (χ0v) is 12.2. The molecule has 2 N–H and O–H groups in total. The van der Waals surface area contributed by atoms with Gasteiger partial charge in [-0.15, -0.1) is 0 Å². The molecule has 0 radical (unpaired) electrons. The molecule has 3 nitrogen and oxygen atoms in total. The number of benzene rings is 1. The van der Waals surface area contributed by atoms with E-state index in [1.54, 1.807) is 14.2 Å². The number of unbranched alkanes of at least 4 members (excludes halogenated alkanes) is 1. The summed E-state index contributed by atoms with van der Waals surface area (Å²) in [4.78, 5) is 0. The van der Waals surface area contributed by atoms with Crippen LogP contribution in [0.1, 0.15) is 37.8 Å². The molecule has 0 saturated carbocycles. The molecule has 4 heteroatoms. The Morgan fingerprint density at radius 3 is 2.41 bits per heavy atom. The van der Waals surface area contributed by atoms with Gasteiger partial charge < -0.3 is 15.2 Å². The lowest BCUT2D eigenvalue weighted by atomic mass is 10.0. The lowest BCUT2D eigenvalue weighted by molar-refractivity contribution is 0.391. The molecule has 0 fully saturated rings. The Morgan fingerprint density at radius 1 is 1.24 bits per heavy atom. The van der Waals surface area contributed by atoms with Gasteiger partial charge >= 0.3 is 0 Å². The van der Waals surface area contributed by atoms with Crippen LogP contribution in [-0.2, 0) is 0 Å². The molecule has 0 heterocycles. The van der Waals surface area contributed by atoms with Gasteiger partial charge in [-0.25, -0.2) is 0 Å². The summed E-state index contributed by atoms with van der Waals surface area (Å²) >= 11 is 3.44. The van der Waals surface area contributed by atoms with Gasteiger partial charge in [-0.1, -0.05) is 19.8 Å². The molecule has 0 aliphatic rings. The minimum absolute atomic E-state index is 0.00750. The molecule has 0 amide bonds. The van der Waals surface area contributed by atoms with Gasteiger partial charge in [-0.3, -0.25) is 0 Å². The zero-order chi connectivity index (χ0) is 12.8. The Morgan fingerprint density at radius 2 is 1.88 bits per heavy atom. The molecule has 0 bridgehead atoms. The fourth-order valence-electron chi connectivity index (χ4n) is 1.75. The lowest BCUT2D eigenvalue weighted by Crippen LogP contribution is -2.11. The fourth-order valence-corrected chi connectivity index (χ4v) is 2.24. The van der Waals surface area contributed by atoms with Gasteiger partial charge in [0.1, 0.15) is 11.5 Å². The highest BCUT2D eigenvalue weighted by Gasteiger charge is 2.15. The van der Waals surface area contributed by atoms with Gasteiger partial charge in [0.2, 0.25) is 0 Å². The quantitative estimate of drug-likeness (QED) is 0.872. The Balaban J connectivity index is 3.02. The van der Waals surface area contributed by atoms with Crippen molar-refractivity contribution in [2.45, 2.75) is 32.2 Å². The first-order chi connectivity index (χ1) is 8.13. The molecule has 96 valence electrons. The van der Waals surface area contributed by atoms with Crippen molar-refractivity contribution in [3.05, 3.63) is 22.2 Å². The van der Waals surface area contributed by atoms with Crippen LogP contribution in [0, 0.1) is 0 Å². The number of rotatable bonds is 6. The Labute approximate surface area is 111 Å². The number of hydrogen-bond donors (Lipinski definition) is 1. The van der Waals surface area contributed by atoms with Gasteiger partial charge in [-0.05, 0) is 34.5 Å². The third-order valence-corrected chi connectivity index (χ3v) is 3.39. The van der Waals surface area contributed by atoms with Crippen molar-refractivity contribution in [3.63, 3.8) is 0 Å². The number of ether oxygens (including phenoxy) is 2. The van der Waals surface area contributed by atoms with Crippen LogP contribution in [0.5, 0.6) is 11.5 Å². The number of hydrogen-bond acceptors (Lipinski definition) is 3. The van der Waals surface area contributed by atoms with Crippen LogP contribution in [-0.4, -0.2) is 14.2 Å². The Bertz CT molecular complexity index is 369. The molecule has 17 heavy (non-hydrogen) atoms. The monoisotopic (exact) mass is 301 g/mol. The number of halogens is 1. The van der Waals surface area contributed by atoms with Crippen LogP contribution in [0.3, 0.4) is 0 Å². The van der Waals surface area contributed by atoms with Crippen LogP contribution < -0.4 is 15.2 Å². The molecule has 1 aromatic rings. The van der Waals surface area contributed by atoms with E-state index in [1.807, 2.05) is 12.1 Å². The van der Waals surface area contributed by atoms with Crippen molar-refractivity contribution in [1.29, 1.82) is 0 Å². The van der Waals surface area contributed by atoms with Crippen molar-refractivity contribution in [1.82, 2.24) is 0 Å². The van der Waals surface area contributed by atoms with E-state index in [1.165, 1.54) is 0 Å². The second-order valence-electron chi connectivity index (χ2n) is 3.98. The minimum Gasteiger partial charge on any atom is -0.496 e. The van der Waals surface area contributed by atoms with Gasteiger partial charge in [0, 0.05) is 11.6 Å². The standard InChI is InChI=1S/C13H20BrNO2/c1-4-5-6-11(15)9-7-13(17-3)10(14)8-12(9)16-2/h7-8,11H,4-6,15H2,1-3H3. The summed E-state index contributed by atoms with van der Waals surface area (Å²) in [5.74, 6) is 1.59. The first-order valence-corrected chi connectivity index (χ1v) is 6.60. The lowest BCUT2D eigenvalue weighted by Gasteiger charge is -2.17. The van der Waals surface area contributed by atoms with Gasteiger partial charge in [-0.2, -0.15) is 0 Å². The first kappa shape index (κ1) is 14.3. The summed E-state index contributed by atoms with van der Waals surface area (Å²) in [5, 5.41) is 0. The SMILES string of the molecule is CCCCC(N)c1cc(OC)c(Br)cc1OC. The van der Waals surface area contributed by atoms with Gasteiger partial charge in [0.05, 0.1) is 18.7 Å². The smallest absolute Gasteiger partial charge is 0.133 e. The second-order valence-corrected chi connectivity index (χ2v) is 4.83. The average Bonchev–Trinajstić information content (AvgIpc) is 2.35. The normalized spacial score (nSPS) is 12.3. The van der Waals surface area contributed by atoms with E-state index < -0.39 is 0 Å².